The molecule has 0 aromatic heterocycles. The molecule has 0 spiro atoms. The fourth-order valence-electron chi connectivity index (χ4n) is 3.47. The Morgan fingerprint density at radius 1 is 1.13 bits per heavy atom. The van der Waals surface area contributed by atoms with Crippen molar-refractivity contribution in [3.05, 3.63) is 54.6 Å². The number of methoxy groups -OCH3 is 1. The van der Waals surface area contributed by atoms with E-state index in [4.69, 9.17) is 9.47 Å². The first-order chi connectivity index (χ1) is 14.4. The zero-order chi connectivity index (χ0) is 21.6. The number of hydrogen-bond acceptors (Lipinski definition) is 5. The van der Waals surface area contributed by atoms with Crippen LogP contribution in [0.3, 0.4) is 0 Å². The Morgan fingerprint density at radius 3 is 2.50 bits per heavy atom. The van der Waals surface area contributed by atoms with Crippen molar-refractivity contribution < 1.29 is 22.7 Å². The number of amides is 1. The molecule has 1 amide bonds. The first-order valence-electron chi connectivity index (χ1n) is 10.0. The number of ether oxygens (including phenoxy) is 2. The molecule has 1 aliphatic heterocycles. The summed E-state index contributed by atoms with van der Waals surface area (Å²) < 4.78 is 38.2. The third-order valence-electron chi connectivity index (χ3n) is 5.08. The molecular formula is C22H28N2O5S. The van der Waals surface area contributed by atoms with Crippen LogP contribution in [-0.4, -0.2) is 51.5 Å². The first kappa shape index (κ1) is 22.1. The maximum Gasteiger partial charge on any atom is 0.243 e. The summed E-state index contributed by atoms with van der Waals surface area (Å²) in [6.45, 7) is 2.75. The molecule has 1 saturated heterocycles. The van der Waals surface area contributed by atoms with E-state index in [-0.39, 0.29) is 35.9 Å². The molecule has 2 atom stereocenters. The monoisotopic (exact) mass is 432 g/mol. The number of sulfonamides is 1. The van der Waals surface area contributed by atoms with Crippen LogP contribution in [0.25, 0.3) is 0 Å². The van der Waals surface area contributed by atoms with E-state index in [1.165, 1.54) is 4.31 Å². The second kappa shape index (κ2) is 9.95. The number of hydrogen-bond donors (Lipinski definition) is 1. The highest BCUT2D eigenvalue weighted by atomic mass is 32.2. The quantitative estimate of drug-likeness (QED) is 0.693. The van der Waals surface area contributed by atoms with Crippen molar-refractivity contribution in [2.45, 2.75) is 30.7 Å². The van der Waals surface area contributed by atoms with Crippen LogP contribution < -0.4 is 14.8 Å². The van der Waals surface area contributed by atoms with Crippen LogP contribution in [0.5, 0.6) is 11.5 Å². The Morgan fingerprint density at radius 2 is 1.80 bits per heavy atom. The highest BCUT2D eigenvalue weighted by molar-refractivity contribution is 7.89. The lowest BCUT2D eigenvalue weighted by Gasteiger charge is -2.31. The maximum absolute atomic E-state index is 12.9. The van der Waals surface area contributed by atoms with Gasteiger partial charge >= 0.3 is 0 Å². The molecule has 0 bridgehead atoms. The molecular weight excluding hydrogens is 404 g/mol. The van der Waals surface area contributed by atoms with Gasteiger partial charge in [-0.15, -0.1) is 0 Å². The van der Waals surface area contributed by atoms with Gasteiger partial charge < -0.3 is 14.8 Å². The first-order valence-corrected chi connectivity index (χ1v) is 11.5. The van der Waals surface area contributed by atoms with Crippen molar-refractivity contribution in [2.24, 2.45) is 5.92 Å². The smallest absolute Gasteiger partial charge is 0.243 e. The van der Waals surface area contributed by atoms with Gasteiger partial charge in [-0.05, 0) is 44.0 Å². The summed E-state index contributed by atoms with van der Waals surface area (Å²) in [6.07, 6.45) is 1.31. The van der Waals surface area contributed by atoms with E-state index < -0.39 is 10.0 Å². The van der Waals surface area contributed by atoms with Gasteiger partial charge in [0.05, 0.1) is 24.0 Å². The largest absolute Gasteiger partial charge is 0.493 e. The van der Waals surface area contributed by atoms with Gasteiger partial charge in [0.2, 0.25) is 15.9 Å². The van der Waals surface area contributed by atoms with Crippen molar-refractivity contribution in [2.75, 3.05) is 26.8 Å². The summed E-state index contributed by atoms with van der Waals surface area (Å²) in [5.74, 6) is 0.703. The van der Waals surface area contributed by atoms with Gasteiger partial charge in [-0.3, -0.25) is 4.79 Å². The highest BCUT2D eigenvalue weighted by Crippen LogP contribution is 2.26. The second-order valence-corrected chi connectivity index (χ2v) is 9.32. The number of nitrogens with zero attached hydrogens (tertiary/aromatic N) is 1. The number of rotatable bonds is 8. The lowest BCUT2D eigenvalue weighted by atomic mass is 9.98. The lowest BCUT2D eigenvalue weighted by Crippen LogP contribution is -2.48. The molecule has 1 N–H and O–H groups in total. The third-order valence-corrected chi connectivity index (χ3v) is 6.96. The second-order valence-electron chi connectivity index (χ2n) is 7.39. The van der Waals surface area contributed by atoms with Crippen LogP contribution in [0, 0.1) is 5.92 Å². The van der Waals surface area contributed by atoms with Crippen LogP contribution in [0.4, 0.5) is 0 Å². The molecule has 2 aromatic rings. The van der Waals surface area contributed by atoms with Crippen LogP contribution in [0.15, 0.2) is 59.5 Å². The summed E-state index contributed by atoms with van der Waals surface area (Å²) in [5.41, 5.74) is 0. The Balaban J connectivity index is 1.56. The number of nitrogens with one attached hydrogen (secondary N) is 1. The lowest BCUT2D eigenvalue weighted by molar-refractivity contribution is -0.126. The molecule has 3 rings (SSSR count). The zero-order valence-corrected chi connectivity index (χ0v) is 18.1. The molecule has 30 heavy (non-hydrogen) atoms. The van der Waals surface area contributed by atoms with Gasteiger partial charge in [0.1, 0.15) is 6.61 Å². The summed E-state index contributed by atoms with van der Waals surface area (Å²) >= 11 is 0. The van der Waals surface area contributed by atoms with E-state index in [9.17, 15) is 13.2 Å². The van der Waals surface area contributed by atoms with Crippen LogP contribution in [0.2, 0.25) is 0 Å². The molecule has 0 unspecified atom stereocenters. The molecule has 0 saturated carbocycles. The van der Waals surface area contributed by atoms with E-state index in [0.717, 1.165) is 0 Å². The van der Waals surface area contributed by atoms with Crippen molar-refractivity contribution in [3.8, 4) is 11.5 Å². The third kappa shape index (κ3) is 5.31. The van der Waals surface area contributed by atoms with Crippen molar-refractivity contribution in [1.82, 2.24) is 9.62 Å². The van der Waals surface area contributed by atoms with Gasteiger partial charge in [-0.2, -0.15) is 4.31 Å². The van der Waals surface area contributed by atoms with Gasteiger partial charge in [0, 0.05) is 13.1 Å². The van der Waals surface area contributed by atoms with Crippen LogP contribution in [-0.2, 0) is 14.8 Å². The Bertz CT molecular complexity index is 949. The topological polar surface area (TPSA) is 84.9 Å². The average Bonchev–Trinajstić information content (AvgIpc) is 2.78. The van der Waals surface area contributed by atoms with Gasteiger partial charge in [-0.1, -0.05) is 30.3 Å². The van der Waals surface area contributed by atoms with Crippen molar-refractivity contribution >= 4 is 15.9 Å². The number of benzene rings is 2. The predicted molar refractivity (Wildman–Crippen MR) is 114 cm³/mol. The number of carbonyl (C=O) groups excluding carboxylic acids is 1. The van der Waals surface area contributed by atoms with Crippen LogP contribution >= 0.6 is 0 Å². The maximum atomic E-state index is 12.9. The minimum Gasteiger partial charge on any atom is -0.493 e. The van der Waals surface area contributed by atoms with Gasteiger partial charge in [-0.25, -0.2) is 8.42 Å². The standard InChI is InChI=1S/C22H28N2O5S/c1-17(16-29-21-13-7-6-12-20(21)28-2)23-22(25)18-9-8-14-24(15-18)30(26,27)19-10-4-3-5-11-19/h3-7,10-13,17-18H,8-9,14-16H2,1-2H3,(H,23,25)/t17-,18-/m0/s1. The van der Waals surface area contributed by atoms with E-state index in [0.29, 0.717) is 30.9 Å². The molecule has 0 aliphatic carbocycles. The van der Waals surface area contributed by atoms with Gasteiger partial charge in [0.15, 0.2) is 11.5 Å². The predicted octanol–water partition coefficient (Wildman–Crippen LogP) is 2.68. The highest BCUT2D eigenvalue weighted by Gasteiger charge is 2.33. The molecule has 1 heterocycles. The Labute approximate surface area is 178 Å². The molecule has 8 heteroatoms. The molecule has 7 nitrogen and oxygen atoms in total. The zero-order valence-electron chi connectivity index (χ0n) is 17.3. The molecule has 2 aromatic carbocycles. The van der Waals surface area contributed by atoms with E-state index in [2.05, 4.69) is 5.32 Å². The summed E-state index contributed by atoms with van der Waals surface area (Å²) in [7, 11) is -2.02. The number of carbonyl (C=O) groups is 1. The van der Waals surface area contributed by atoms with E-state index in [1.807, 2.05) is 25.1 Å². The molecule has 1 fully saturated rings. The fraction of sp³-hybridized carbons (Fsp3) is 0.409. The van der Waals surface area contributed by atoms with E-state index >= 15 is 0 Å². The Kier molecular flexibility index (Phi) is 7.33. The minimum atomic E-state index is -3.60. The molecule has 0 radical (unpaired) electrons. The van der Waals surface area contributed by atoms with E-state index in [1.54, 1.807) is 43.5 Å². The summed E-state index contributed by atoms with van der Waals surface area (Å²) in [5, 5.41) is 2.94. The normalized spacial score (nSPS) is 18.4. The minimum absolute atomic E-state index is 0.154. The number of para-hydroxylation sites is 2. The summed E-state index contributed by atoms with van der Waals surface area (Å²) in [6, 6.07) is 15.4. The SMILES string of the molecule is COc1ccccc1OC[C@H](C)NC(=O)[C@H]1CCCN(S(=O)(=O)c2ccccc2)C1. The Hall–Kier alpha value is -2.58. The molecule has 1 aliphatic rings. The number of piperidine rings is 1. The van der Waals surface area contributed by atoms with Crippen LogP contribution in [0.1, 0.15) is 19.8 Å². The van der Waals surface area contributed by atoms with Gasteiger partial charge in [0.25, 0.3) is 0 Å². The van der Waals surface area contributed by atoms with Crippen molar-refractivity contribution in [3.63, 3.8) is 0 Å². The van der Waals surface area contributed by atoms with Crippen molar-refractivity contribution in [1.29, 1.82) is 0 Å². The summed E-state index contributed by atoms with van der Waals surface area (Å²) in [4.78, 5) is 13.0. The average molecular weight is 433 g/mol. The fourth-order valence-corrected chi connectivity index (χ4v) is 5.02. The molecule has 162 valence electrons.